The summed E-state index contributed by atoms with van der Waals surface area (Å²) in [7, 11) is 0. The smallest absolute Gasteiger partial charge is 0.229 e. The zero-order valence-electron chi connectivity index (χ0n) is 17.3. The highest BCUT2D eigenvalue weighted by Crippen LogP contribution is 2.20. The van der Waals surface area contributed by atoms with Crippen LogP contribution in [0.15, 0.2) is 0 Å². The molecule has 3 heteroatoms. The van der Waals surface area contributed by atoms with E-state index in [-0.39, 0.29) is 17.7 Å². The number of carbonyl (C=O) groups excluding carboxylic acids is 2. The average Bonchev–Trinajstić information content (AvgIpc) is 2.63. The molecule has 0 aromatic carbocycles. The standard InChI is InChI=1S/C23H43NO2/c1-2-3-4-5-6-7-8-9-10-11-12-13-14-15-16-17-18-21-19-20-22(25)24-23(21)26/h21H,2-20H2,1H3,(H,24,25,26). The number of piperidine rings is 1. The molecule has 1 saturated heterocycles. The van der Waals surface area contributed by atoms with Crippen molar-refractivity contribution in [3.8, 4) is 0 Å². The maximum absolute atomic E-state index is 11.7. The number of unbranched alkanes of at least 4 members (excludes halogenated alkanes) is 15. The molecule has 26 heavy (non-hydrogen) atoms. The van der Waals surface area contributed by atoms with E-state index in [0.29, 0.717) is 6.42 Å². The minimum Gasteiger partial charge on any atom is -0.296 e. The molecule has 1 atom stereocenters. The Balaban J connectivity index is 1.75. The lowest BCUT2D eigenvalue weighted by atomic mass is 9.92. The van der Waals surface area contributed by atoms with Crippen LogP contribution in [0.25, 0.3) is 0 Å². The Bertz CT molecular complexity index is 367. The second-order valence-corrected chi connectivity index (χ2v) is 8.24. The first-order chi connectivity index (χ1) is 12.7. The molecule has 0 aromatic rings. The van der Waals surface area contributed by atoms with Crippen molar-refractivity contribution in [2.45, 2.75) is 129 Å². The predicted molar refractivity (Wildman–Crippen MR) is 110 cm³/mol. The molecule has 3 nitrogen and oxygen atoms in total. The quantitative estimate of drug-likeness (QED) is 0.230. The molecule has 1 unspecified atom stereocenters. The van der Waals surface area contributed by atoms with E-state index in [4.69, 9.17) is 0 Å². The van der Waals surface area contributed by atoms with Gasteiger partial charge < -0.3 is 0 Å². The fraction of sp³-hybridized carbons (Fsp3) is 0.913. The molecule has 2 amide bonds. The van der Waals surface area contributed by atoms with Crippen molar-refractivity contribution in [2.24, 2.45) is 5.92 Å². The van der Waals surface area contributed by atoms with Gasteiger partial charge in [-0.15, -0.1) is 0 Å². The van der Waals surface area contributed by atoms with E-state index in [0.717, 1.165) is 19.3 Å². The number of amides is 2. The van der Waals surface area contributed by atoms with Gasteiger partial charge in [-0.05, 0) is 12.8 Å². The molecule has 1 heterocycles. The molecule has 1 rings (SSSR count). The van der Waals surface area contributed by atoms with E-state index in [1.54, 1.807) is 0 Å². The Labute approximate surface area is 162 Å². The molecule has 1 aliphatic rings. The first kappa shape index (κ1) is 23.2. The Kier molecular flexibility index (Phi) is 14.6. The summed E-state index contributed by atoms with van der Waals surface area (Å²) in [4.78, 5) is 22.8. The average molecular weight is 366 g/mol. The maximum Gasteiger partial charge on any atom is 0.229 e. The third-order valence-electron chi connectivity index (χ3n) is 5.76. The first-order valence-electron chi connectivity index (χ1n) is 11.6. The predicted octanol–water partition coefficient (Wildman–Crippen LogP) is 6.69. The van der Waals surface area contributed by atoms with Crippen LogP contribution in [0.1, 0.15) is 129 Å². The number of rotatable bonds is 17. The zero-order valence-corrected chi connectivity index (χ0v) is 17.3. The third kappa shape index (κ3) is 12.5. The van der Waals surface area contributed by atoms with Gasteiger partial charge in [-0.25, -0.2) is 0 Å². The van der Waals surface area contributed by atoms with E-state index in [9.17, 15) is 9.59 Å². The van der Waals surface area contributed by atoms with Crippen LogP contribution in [-0.2, 0) is 9.59 Å². The maximum atomic E-state index is 11.7. The highest BCUT2D eigenvalue weighted by Gasteiger charge is 2.25. The molecule has 0 aromatic heterocycles. The lowest BCUT2D eigenvalue weighted by Crippen LogP contribution is -2.40. The van der Waals surface area contributed by atoms with Gasteiger partial charge in [0.15, 0.2) is 0 Å². The van der Waals surface area contributed by atoms with Crippen LogP contribution in [0.2, 0.25) is 0 Å². The number of carbonyl (C=O) groups is 2. The fourth-order valence-electron chi connectivity index (χ4n) is 3.95. The summed E-state index contributed by atoms with van der Waals surface area (Å²) in [6, 6.07) is 0. The van der Waals surface area contributed by atoms with Crippen molar-refractivity contribution in [1.82, 2.24) is 5.32 Å². The number of nitrogens with one attached hydrogen (secondary N) is 1. The lowest BCUT2D eigenvalue weighted by Gasteiger charge is -2.20. The van der Waals surface area contributed by atoms with Crippen molar-refractivity contribution in [3.05, 3.63) is 0 Å². The molecule has 0 radical (unpaired) electrons. The summed E-state index contributed by atoms with van der Waals surface area (Å²) >= 11 is 0. The topological polar surface area (TPSA) is 46.2 Å². The van der Waals surface area contributed by atoms with Gasteiger partial charge in [0, 0.05) is 12.3 Å². The number of hydrogen-bond donors (Lipinski definition) is 1. The molecular formula is C23H43NO2. The summed E-state index contributed by atoms with van der Waals surface area (Å²) in [5.41, 5.74) is 0. The largest absolute Gasteiger partial charge is 0.296 e. The normalized spacial score (nSPS) is 17.5. The van der Waals surface area contributed by atoms with Gasteiger partial charge in [0.05, 0.1) is 0 Å². The van der Waals surface area contributed by atoms with Gasteiger partial charge in [0.2, 0.25) is 11.8 Å². The molecule has 0 spiro atoms. The second kappa shape index (κ2) is 16.3. The molecule has 0 aliphatic carbocycles. The summed E-state index contributed by atoms with van der Waals surface area (Å²) < 4.78 is 0. The van der Waals surface area contributed by atoms with Crippen LogP contribution in [-0.4, -0.2) is 11.8 Å². The van der Waals surface area contributed by atoms with Crippen molar-refractivity contribution in [3.63, 3.8) is 0 Å². The second-order valence-electron chi connectivity index (χ2n) is 8.24. The Morgan fingerprint density at radius 1 is 0.692 bits per heavy atom. The van der Waals surface area contributed by atoms with Crippen LogP contribution in [0.5, 0.6) is 0 Å². The van der Waals surface area contributed by atoms with Crippen LogP contribution < -0.4 is 5.32 Å². The van der Waals surface area contributed by atoms with Gasteiger partial charge in [-0.1, -0.05) is 110 Å². The van der Waals surface area contributed by atoms with E-state index in [1.165, 1.54) is 96.3 Å². The van der Waals surface area contributed by atoms with Crippen molar-refractivity contribution >= 4 is 11.8 Å². The van der Waals surface area contributed by atoms with Crippen LogP contribution in [0.3, 0.4) is 0 Å². The van der Waals surface area contributed by atoms with Gasteiger partial charge in [-0.3, -0.25) is 14.9 Å². The Hall–Kier alpha value is -0.860. The molecule has 0 saturated carbocycles. The van der Waals surface area contributed by atoms with E-state index >= 15 is 0 Å². The molecule has 1 N–H and O–H groups in total. The number of hydrogen-bond acceptors (Lipinski definition) is 2. The van der Waals surface area contributed by atoms with Crippen molar-refractivity contribution < 1.29 is 9.59 Å². The first-order valence-corrected chi connectivity index (χ1v) is 11.6. The molecule has 1 aliphatic heterocycles. The van der Waals surface area contributed by atoms with E-state index in [1.807, 2.05) is 0 Å². The molecule has 1 fully saturated rings. The van der Waals surface area contributed by atoms with Crippen molar-refractivity contribution in [2.75, 3.05) is 0 Å². The monoisotopic (exact) mass is 365 g/mol. The van der Waals surface area contributed by atoms with Crippen LogP contribution >= 0.6 is 0 Å². The lowest BCUT2D eigenvalue weighted by molar-refractivity contribution is -0.136. The Morgan fingerprint density at radius 3 is 1.54 bits per heavy atom. The highest BCUT2D eigenvalue weighted by atomic mass is 16.2. The summed E-state index contributed by atoms with van der Waals surface area (Å²) in [6.45, 7) is 2.28. The van der Waals surface area contributed by atoms with Crippen LogP contribution in [0.4, 0.5) is 0 Å². The fourth-order valence-corrected chi connectivity index (χ4v) is 3.95. The minimum atomic E-state index is -0.0989. The van der Waals surface area contributed by atoms with E-state index < -0.39 is 0 Å². The van der Waals surface area contributed by atoms with Crippen LogP contribution in [0, 0.1) is 5.92 Å². The van der Waals surface area contributed by atoms with Gasteiger partial charge in [-0.2, -0.15) is 0 Å². The molecule has 152 valence electrons. The molecule has 0 bridgehead atoms. The summed E-state index contributed by atoms with van der Waals surface area (Å²) in [5.74, 6) is -0.0558. The summed E-state index contributed by atoms with van der Waals surface area (Å²) in [6.07, 6.45) is 24.2. The van der Waals surface area contributed by atoms with E-state index in [2.05, 4.69) is 12.2 Å². The van der Waals surface area contributed by atoms with Gasteiger partial charge >= 0.3 is 0 Å². The summed E-state index contributed by atoms with van der Waals surface area (Å²) in [5, 5.41) is 2.46. The third-order valence-corrected chi connectivity index (χ3v) is 5.76. The van der Waals surface area contributed by atoms with Crippen molar-refractivity contribution in [1.29, 1.82) is 0 Å². The molecular weight excluding hydrogens is 322 g/mol. The Morgan fingerprint density at radius 2 is 1.12 bits per heavy atom. The minimum absolute atomic E-state index is 0.0396. The van der Waals surface area contributed by atoms with Gasteiger partial charge in [0.25, 0.3) is 0 Å². The number of imide groups is 1. The van der Waals surface area contributed by atoms with Gasteiger partial charge in [0.1, 0.15) is 0 Å². The highest BCUT2D eigenvalue weighted by molar-refractivity contribution is 5.98. The SMILES string of the molecule is CCCCCCCCCCCCCCCCCCC1CCC(=O)NC1=O. The zero-order chi connectivity index (χ0) is 18.9.